The number of nitrogens with zero attached hydrogens (tertiary/aromatic N) is 3. The topological polar surface area (TPSA) is 117 Å². The van der Waals surface area contributed by atoms with Gasteiger partial charge in [-0.05, 0) is 62.9 Å². The largest absolute Gasteiger partial charge is 0.459 e. The number of carbonyl (C=O) groups is 1. The molecule has 0 unspecified atom stereocenters. The van der Waals surface area contributed by atoms with Crippen LogP contribution in [0.25, 0.3) is 17.4 Å². The van der Waals surface area contributed by atoms with Crippen molar-refractivity contribution in [2.75, 3.05) is 6.26 Å². The fraction of sp³-hybridized carbons (Fsp3) is 0.207. The third-order valence-corrected chi connectivity index (χ3v) is 8.40. The van der Waals surface area contributed by atoms with Crippen molar-refractivity contribution in [3.63, 3.8) is 0 Å². The molecule has 12 heteroatoms. The Bertz CT molecular complexity index is 1890. The number of ether oxygens (including phenoxy) is 1. The summed E-state index contributed by atoms with van der Waals surface area (Å²) in [6.07, 6.45) is 3.21. The molecule has 41 heavy (non-hydrogen) atoms. The number of nitro groups is 1. The van der Waals surface area contributed by atoms with Crippen molar-refractivity contribution in [3.05, 3.63) is 112 Å². The van der Waals surface area contributed by atoms with E-state index in [9.17, 15) is 19.7 Å². The number of thioether (sulfide) groups is 1. The fourth-order valence-corrected chi connectivity index (χ4v) is 6.13. The number of benzene rings is 2. The number of allylic oxidation sites excluding steroid dienone is 1. The highest BCUT2D eigenvalue weighted by Crippen LogP contribution is 2.34. The van der Waals surface area contributed by atoms with Gasteiger partial charge in [-0.2, -0.15) is 0 Å². The number of thiazole rings is 1. The molecule has 0 saturated carbocycles. The van der Waals surface area contributed by atoms with E-state index in [0.717, 1.165) is 10.5 Å². The molecule has 4 aromatic rings. The molecule has 1 atom stereocenters. The zero-order valence-corrected chi connectivity index (χ0v) is 24.8. The van der Waals surface area contributed by atoms with Crippen LogP contribution in [0.3, 0.4) is 0 Å². The quantitative estimate of drug-likeness (QED) is 0.114. The second kappa shape index (κ2) is 11.5. The maximum Gasteiger partial charge on any atom is 0.338 e. The molecule has 1 aliphatic rings. The van der Waals surface area contributed by atoms with Crippen LogP contribution in [-0.4, -0.2) is 27.8 Å². The van der Waals surface area contributed by atoms with Gasteiger partial charge >= 0.3 is 5.97 Å². The highest BCUT2D eigenvalue weighted by molar-refractivity contribution is 7.98. The summed E-state index contributed by atoms with van der Waals surface area (Å²) in [5.41, 5.74) is 1.42. The van der Waals surface area contributed by atoms with Crippen molar-refractivity contribution in [2.45, 2.75) is 37.8 Å². The molecule has 210 valence electrons. The van der Waals surface area contributed by atoms with Crippen molar-refractivity contribution < 1.29 is 18.9 Å². The van der Waals surface area contributed by atoms with Gasteiger partial charge in [0.2, 0.25) is 0 Å². The van der Waals surface area contributed by atoms with Crippen molar-refractivity contribution in [1.82, 2.24) is 4.57 Å². The van der Waals surface area contributed by atoms with Crippen molar-refractivity contribution in [3.8, 4) is 11.3 Å². The predicted molar refractivity (Wildman–Crippen MR) is 159 cm³/mol. The number of esters is 1. The second-order valence-corrected chi connectivity index (χ2v) is 11.7. The van der Waals surface area contributed by atoms with Crippen molar-refractivity contribution in [2.24, 2.45) is 4.99 Å². The van der Waals surface area contributed by atoms with Crippen LogP contribution in [0.15, 0.2) is 85.0 Å². The van der Waals surface area contributed by atoms with Crippen LogP contribution in [0.4, 0.5) is 5.69 Å². The van der Waals surface area contributed by atoms with Crippen LogP contribution in [0, 0.1) is 10.1 Å². The van der Waals surface area contributed by atoms with Gasteiger partial charge < -0.3 is 9.15 Å². The molecule has 0 radical (unpaired) electrons. The molecule has 0 spiro atoms. The number of hydrogen-bond donors (Lipinski definition) is 0. The van der Waals surface area contributed by atoms with Crippen LogP contribution in [-0.2, 0) is 9.53 Å². The molecule has 0 saturated heterocycles. The van der Waals surface area contributed by atoms with Gasteiger partial charge in [0.05, 0.1) is 37.9 Å². The van der Waals surface area contributed by atoms with E-state index in [4.69, 9.17) is 20.8 Å². The molecule has 0 bridgehead atoms. The molecule has 1 aliphatic heterocycles. The first-order chi connectivity index (χ1) is 19.6. The third kappa shape index (κ3) is 5.65. The summed E-state index contributed by atoms with van der Waals surface area (Å²) in [5.74, 6) is 0.141. The maximum atomic E-state index is 13.8. The number of fused-ring (bicyclic) bond motifs is 1. The molecule has 0 fully saturated rings. The summed E-state index contributed by atoms with van der Waals surface area (Å²) >= 11 is 9.04. The van der Waals surface area contributed by atoms with E-state index >= 15 is 0 Å². The normalized spacial score (nSPS) is 15.2. The Labute approximate surface area is 247 Å². The number of hydrogen-bond acceptors (Lipinski definition) is 9. The number of aromatic nitrogens is 1. The van der Waals surface area contributed by atoms with Gasteiger partial charge in [-0.1, -0.05) is 35.1 Å². The first kappa shape index (κ1) is 28.6. The summed E-state index contributed by atoms with van der Waals surface area (Å²) in [6, 6.07) is 14.3. The Hall–Kier alpha value is -3.93. The number of halogens is 1. The number of nitro benzene ring substituents is 1. The number of furan rings is 1. The SMILES string of the molecule is CSc1ccc([C@H]2C(C(=O)OC(C)C)=C(C)N=c3s/c(=C\c4ccc(-c5cc([N+](=O)[O-])ccc5Cl)o4)c(=O)n32)cc1. The van der Waals surface area contributed by atoms with Crippen molar-refractivity contribution >= 4 is 52.4 Å². The number of rotatable bonds is 7. The summed E-state index contributed by atoms with van der Waals surface area (Å²) in [5, 5.41) is 11.5. The third-order valence-electron chi connectivity index (χ3n) is 6.34. The van der Waals surface area contributed by atoms with E-state index in [1.54, 1.807) is 50.7 Å². The smallest absolute Gasteiger partial charge is 0.338 e. The van der Waals surface area contributed by atoms with Gasteiger partial charge in [-0.15, -0.1) is 11.8 Å². The monoisotopic (exact) mass is 609 g/mol. The lowest BCUT2D eigenvalue weighted by molar-refractivity contribution is -0.384. The Morgan fingerprint density at radius 1 is 1.22 bits per heavy atom. The molecular weight excluding hydrogens is 586 g/mol. The molecule has 9 nitrogen and oxygen atoms in total. The Balaban J connectivity index is 1.62. The van der Waals surface area contributed by atoms with E-state index < -0.39 is 16.9 Å². The Morgan fingerprint density at radius 3 is 2.61 bits per heavy atom. The summed E-state index contributed by atoms with van der Waals surface area (Å²) in [6.45, 7) is 5.27. The van der Waals surface area contributed by atoms with Gasteiger partial charge in [0.1, 0.15) is 11.5 Å². The van der Waals surface area contributed by atoms with Crippen molar-refractivity contribution in [1.29, 1.82) is 0 Å². The van der Waals surface area contributed by atoms with Gasteiger partial charge in [0.15, 0.2) is 4.80 Å². The van der Waals surface area contributed by atoms with Crippen LogP contribution in [0.5, 0.6) is 0 Å². The molecule has 0 aliphatic carbocycles. The average Bonchev–Trinajstić information content (AvgIpc) is 3.51. The van der Waals surface area contributed by atoms with Crippen LogP contribution < -0.4 is 14.9 Å². The highest BCUT2D eigenvalue weighted by Gasteiger charge is 2.33. The Kier molecular flexibility index (Phi) is 8.03. The number of non-ortho nitro benzene ring substituents is 1. The molecular formula is C29H24ClN3O6S2. The molecule has 2 aromatic carbocycles. The number of carbonyl (C=O) groups excluding carboxylic acids is 1. The van der Waals surface area contributed by atoms with Gasteiger partial charge in [0, 0.05) is 28.7 Å². The zero-order chi connectivity index (χ0) is 29.4. The van der Waals surface area contributed by atoms with E-state index in [1.165, 1.54) is 34.1 Å². The van der Waals surface area contributed by atoms with Crippen LogP contribution in [0.2, 0.25) is 5.02 Å². The second-order valence-electron chi connectivity index (χ2n) is 9.43. The summed E-state index contributed by atoms with van der Waals surface area (Å²) in [4.78, 5) is 43.9. The van der Waals surface area contributed by atoms with E-state index in [-0.39, 0.29) is 17.4 Å². The summed E-state index contributed by atoms with van der Waals surface area (Å²) in [7, 11) is 0. The standard InChI is InChI=1S/C29H24ClN3O6S2/c1-15(2)38-28(35)25-16(3)31-29-32(26(25)17-5-9-20(40-4)10-6-17)27(34)24(41-29)14-19-8-12-23(39-19)21-13-18(33(36)37)7-11-22(21)30/h5-15,26H,1-4H3/b24-14-/t26-/m0/s1. The molecule has 5 rings (SSSR count). The molecule has 0 N–H and O–H groups in total. The lowest BCUT2D eigenvalue weighted by Crippen LogP contribution is -2.40. The minimum absolute atomic E-state index is 0.122. The summed E-state index contributed by atoms with van der Waals surface area (Å²) < 4.78 is 13.3. The molecule has 3 heterocycles. The van der Waals surface area contributed by atoms with E-state index in [0.29, 0.717) is 42.7 Å². The highest BCUT2D eigenvalue weighted by atomic mass is 35.5. The minimum Gasteiger partial charge on any atom is -0.459 e. The maximum absolute atomic E-state index is 13.8. The Morgan fingerprint density at radius 2 is 1.95 bits per heavy atom. The first-order valence-electron chi connectivity index (χ1n) is 12.5. The van der Waals surface area contributed by atoms with Gasteiger partial charge in [0.25, 0.3) is 11.2 Å². The van der Waals surface area contributed by atoms with E-state index in [2.05, 4.69) is 4.99 Å². The van der Waals surface area contributed by atoms with Gasteiger partial charge in [-0.3, -0.25) is 19.5 Å². The lowest BCUT2D eigenvalue weighted by atomic mass is 9.96. The lowest BCUT2D eigenvalue weighted by Gasteiger charge is -2.25. The predicted octanol–water partition coefficient (Wildman–Crippen LogP) is 5.73. The van der Waals surface area contributed by atoms with Crippen LogP contribution in [0.1, 0.15) is 38.1 Å². The zero-order valence-electron chi connectivity index (χ0n) is 22.4. The first-order valence-corrected chi connectivity index (χ1v) is 14.9. The van der Waals surface area contributed by atoms with E-state index in [1.807, 2.05) is 30.5 Å². The van der Waals surface area contributed by atoms with Gasteiger partial charge in [-0.25, -0.2) is 9.79 Å². The molecule has 0 amide bonds. The average molecular weight is 610 g/mol. The molecule has 2 aromatic heterocycles. The minimum atomic E-state index is -0.730. The fourth-order valence-electron chi connectivity index (χ4n) is 4.48. The van der Waals surface area contributed by atoms with Crippen LogP contribution >= 0.6 is 34.7 Å².